The normalized spacial score (nSPS) is 11.2. The minimum Gasteiger partial charge on any atom is -0.481 e. The van der Waals surface area contributed by atoms with Crippen LogP contribution in [0.5, 0.6) is 0 Å². The van der Waals surface area contributed by atoms with Crippen LogP contribution >= 0.6 is 0 Å². The lowest BCUT2D eigenvalue weighted by Crippen LogP contribution is -2.43. The van der Waals surface area contributed by atoms with E-state index in [9.17, 15) is 19.5 Å². The second kappa shape index (κ2) is 6.36. The zero-order chi connectivity index (χ0) is 15.3. The highest BCUT2D eigenvalue weighted by molar-refractivity contribution is 5.94. The van der Waals surface area contributed by atoms with Crippen LogP contribution in [0.3, 0.4) is 0 Å². The van der Waals surface area contributed by atoms with Gasteiger partial charge in [-0.05, 0) is 25.0 Å². The predicted molar refractivity (Wildman–Crippen MR) is 74.7 cm³/mol. The van der Waals surface area contributed by atoms with Crippen molar-refractivity contribution in [3.8, 4) is 0 Å². The Hall–Kier alpha value is -2.11. The van der Waals surface area contributed by atoms with Gasteiger partial charge in [-0.25, -0.2) is 0 Å². The Morgan fingerprint density at radius 2 is 1.95 bits per heavy atom. The van der Waals surface area contributed by atoms with Gasteiger partial charge < -0.3 is 15.0 Å². The maximum atomic E-state index is 12.0. The lowest BCUT2D eigenvalue weighted by molar-refractivity contribution is -0.149. The molecule has 0 aromatic carbocycles. The van der Waals surface area contributed by atoms with Crippen molar-refractivity contribution >= 4 is 11.9 Å². The van der Waals surface area contributed by atoms with E-state index in [0.717, 1.165) is 0 Å². The van der Waals surface area contributed by atoms with E-state index in [1.807, 2.05) is 0 Å². The number of carboxylic acids is 1. The van der Waals surface area contributed by atoms with E-state index in [1.54, 1.807) is 33.2 Å². The van der Waals surface area contributed by atoms with Crippen LogP contribution < -0.4 is 10.9 Å². The minimum atomic E-state index is -0.990. The molecule has 6 nitrogen and oxygen atoms in total. The first-order valence-electron chi connectivity index (χ1n) is 6.55. The summed E-state index contributed by atoms with van der Waals surface area (Å²) in [6, 6.07) is 3.03. The lowest BCUT2D eigenvalue weighted by atomic mass is 9.82. The Balaban J connectivity index is 2.89. The molecule has 0 saturated carbocycles. The molecule has 0 atom stereocenters. The van der Waals surface area contributed by atoms with Gasteiger partial charge in [-0.15, -0.1) is 0 Å². The maximum absolute atomic E-state index is 12.0. The molecule has 110 valence electrons. The lowest BCUT2D eigenvalue weighted by Gasteiger charge is -2.26. The third-order valence-corrected chi connectivity index (χ3v) is 3.76. The first kappa shape index (κ1) is 15.9. The molecular weight excluding hydrogens is 260 g/mol. The standard InChI is InChI=1S/C14H20N2O4/c1-4-14(5-2,13(19)20)9-15-11(17)10-7-6-8-16(3)12(10)18/h6-8H,4-5,9H2,1-3H3,(H,15,17)(H,19,20). The molecule has 0 unspecified atom stereocenters. The minimum absolute atomic E-state index is 0.00617. The van der Waals surface area contributed by atoms with Crippen molar-refractivity contribution in [2.45, 2.75) is 26.7 Å². The third-order valence-electron chi connectivity index (χ3n) is 3.76. The van der Waals surface area contributed by atoms with Gasteiger partial charge in [0.15, 0.2) is 0 Å². The van der Waals surface area contributed by atoms with Crippen molar-refractivity contribution in [2.75, 3.05) is 6.54 Å². The van der Waals surface area contributed by atoms with E-state index < -0.39 is 22.9 Å². The van der Waals surface area contributed by atoms with E-state index in [2.05, 4.69) is 5.32 Å². The fourth-order valence-electron chi connectivity index (χ4n) is 1.99. The second-order valence-corrected chi connectivity index (χ2v) is 4.81. The topological polar surface area (TPSA) is 88.4 Å². The fourth-order valence-corrected chi connectivity index (χ4v) is 1.99. The summed E-state index contributed by atoms with van der Waals surface area (Å²) in [6.45, 7) is 3.54. The van der Waals surface area contributed by atoms with Crippen LogP contribution in [0.1, 0.15) is 37.0 Å². The number of nitrogens with one attached hydrogen (secondary N) is 1. The molecule has 1 aromatic rings. The van der Waals surface area contributed by atoms with Gasteiger partial charge in [0.1, 0.15) is 5.56 Å². The number of amides is 1. The Morgan fingerprint density at radius 3 is 2.45 bits per heavy atom. The van der Waals surface area contributed by atoms with Crippen molar-refractivity contribution in [1.29, 1.82) is 0 Å². The summed E-state index contributed by atoms with van der Waals surface area (Å²) in [6.07, 6.45) is 2.37. The Kier molecular flexibility index (Phi) is 5.07. The molecule has 2 N–H and O–H groups in total. The first-order chi connectivity index (χ1) is 9.38. The fraction of sp³-hybridized carbons (Fsp3) is 0.500. The van der Waals surface area contributed by atoms with Crippen LogP contribution in [0, 0.1) is 5.41 Å². The van der Waals surface area contributed by atoms with Gasteiger partial charge >= 0.3 is 5.97 Å². The summed E-state index contributed by atoms with van der Waals surface area (Å²) in [5.74, 6) is -1.48. The summed E-state index contributed by atoms with van der Waals surface area (Å²) in [5, 5.41) is 11.8. The van der Waals surface area contributed by atoms with E-state index in [4.69, 9.17) is 0 Å². The number of rotatable bonds is 6. The number of aromatic nitrogens is 1. The van der Waals surface area contributed by atoms with Gasteiger partial charge in [-0.3, -0.25) is 14.4 Å². The number of aryl methyl sites for hydroxylation is 1. The number of nitrogens with zero attached hydrogens (tertiary/aromatic N) is 1. The average Bonchev–Trinajstić information content (AvgIpc) is 2.43. The number of pyridine rings is 1. The van der Waals surface area contributed by atoms with E-state index >= 15 is 0 Å². The summed E-state index contributed by atoms with van der Waals surface area (Å²) in [5.41, 5.74) is -1.38. The van der Waals surface area contributed by atoms with Crippen LogP contribution in [0.2, 0.25) is 0 Å². The highest BCUT2D eigenvalue weighted by Gasteiger charge is 2.35. The summed E-state index contributed by atoms with van der Waals surface area (Å²) < 4.78 is 1.30. The smallest absolute Gasteiger partial charge is 0.311 e. The van der Waals surface area contributed by atoms with E-state index in [0.29, 0.717) is 12.8 Å². The molecule has 6 heteroatoms. The molecule has 0 aliphatic heterocycles. The molecule has 0 aliphatic rings. The molecule has 1 heterocycles. The average molecular weight is 280 g/mol. The molecule has 1 aromatic heterocycles. The Bertz CT molecular complexity index is 559. The van der Waals surface area contributed by atoms with E-state index in [-0.39, 0.29) is 12.1 Å². The van der Waals surface area contributed by atoms with Gasteiger partial charge in [0.2, 0.25) is 0 Å². The number of carbonyl (C=O) groups is 2. The van der Waals surface area contributed by atoms with Crippen LogP contribution in [0.25, 0.3) is 0 Å². The van der Waals surface area contributed by atoms with Crippen LogP contribution in [-0.4, -0.2) is 28.1 Å². The summed E-state index contributed by atoms with van der Waals surface area (Å²) >= 11 is 0. The Morgan fingerprint density at radius 1 is 1.35 bits per heavy atom. The molecule has 0 spiro atoms. The van der Waals surface area contributed by atoms with Crippen LogP contribution in [-0.2, 0) is 11.8 Å². The van der Waals surface area contributed by atoms with Crippen molar-refractivity contribution in [3.63, 3.8) is 0 Å². The number of aliphatic carboxylic acids is 1. The molecule has 0 aliphatic carbocycles. The molecule has 20 heavy (non-hydrogen) atoms. The zero-order valence-electron chi connectivity index (χ0n) is 12.0. The maximum Gasteiger partial charge on any atom is 0.311 e. The van der Waals surface area contributed by atoms with Gasteiger partial charge in [-0.1, -0.05) is 13.8 Å². The summed E-state index contributed by atoms with van der Waals surface area (Å²) in [4.78, 5) is 35.1. The quantitative estimate of drug-likeness (QED) is 0.814. The third kappa shape index (κ3) is 3.07. The molecule has 0 fully saturated rings. The second-order valence-electron chi connectivity index (χ2n) is 4.81. The Labute approximate surface area is 117 Å². The number of carboxylic acid groups (broad SMARTS) is 1. The van der Waals surface area contributed by atoms with Crippen molar-refractivity contribution < 1.29 is 14.7 Å². The van der Waals surface area contributed by atoms with Crippen molar-refractivity contribution in [3.05, 3.63) is 34.2 Å². The van der Waals surface area contributed by atoms with Gasteiger partial charge in [-0.2, -0.15) is 0 Å². The monoisotopic (exact) mass is 280 g/mol. The zero-order valence-corrected chi connectivity index (χ0v) is 12.0. The van der Waals surface area contributed by atoms with Crippen molar-refractivity contribution in [2.24, 2.45) is 12.5 Å². The molecule has 0 radical (unpaired) electrons. The van der Waals surface area contributed by atoms with Crippen molar-refractivity contribution in [1.82, 2.24) is 9.88 Å². The van der Waals surface area contributed by atoms with Gasteiger partial charge in [0.05, 0.1) is 5.41 Å². The van der Waals surface area contributed by atoms with Crippen LogP contribution in [0.15, 0.2) is 23.1 Å². The van der Waals surface area contributed by atoms with E-state index in [1.165, 1.54) is 10.6 Å². The number of hydrogen-bond donors (Lipinski definition) is 2. The van der Waals surface area contributed by atoms with Gasteiger partial charge in [0, 0.05) is 19.8 Å². The number of carbonyl (C=O) groups excluding carboxylic acids is 1. The first-order valence-corrected chi connectivity index (χ1v) is 6.55. The highest BCUT2D eigenvalue weighted by Crippen LogP contribution is 2.25. The molecule has 0 saturated heterocycles. The summed E-state index contributed by atoms with van der Waals surface area (Å²) in [7, 11) is 1.55. The largest absolute Gasteiger partial charge is 0.481 e. The predicted octanol–water partition coefficient (Wildman–Crippen LogP) is 1.01. The van der Waals surface area contributed by atoms with Crippen LogP contribution in [0.4, 0.5) is 0 Å². The number of hydrogen-bond acceptors (Lipinski definition) is 3. The molecule has 1 amide bonds. The molecule has 0 bridgehead atoms. The SMILES string of the molecule is CCC(CC)(CNC(=O)c1cccn(C)c1=O)C(=O)O. The highest BCUT2D eigenvalue weighted by atomic mass is 16.4. The molecule has 1 rings (SSSR count). The van der Waals surface area contributed by atoms with Gasteiger partial charge in [0.25, 0.3) is 11.5 Å². The molecular formula is C14H20N2O4.